The van der Waals surface area contributed by atoms with Gasteiger partial charge in [-0.2, -0.15) is 0 Å². The maximum absolute atomic E-state index is 11.7. The maximum atomic E-state index is 11.7. The molecule has 1 aromatic rings. The highest BCUT2D eigenvalue weighted by molar-refractivity contribution is 9.10. The number of amidine groups is 1. The molecule has 0 bridgehead atoms. The highest BCUT2D eigenvalue weighted by Gasteiger charge is 2.15. The van der Waals surface area contributed by atoms with Gasteiger partial charge in [-0.25, -0.2) is 4.98 Å². The van der Waals surface area contributed by atoms with Gasteiger partial charge in [0.15, 0.2) is 5.84 Å². The smallest absolute Gasteiger partial charge is 0.271 e. The average molecular weight is 287 g/mol. The zero-order valence-corrected chi connectivity index (χ0v) is 10.1. The first-order chi connectivity index (χ1) is 7.56. The van der Waals surface area contributed by atoms with Crippen molar-refractivity contribution in [3.8, 4) is 0 Å². The van der Waals surface area contributed by atoms with Crippen molar-refractivity contribution in [1.82, 2.24) is 10.3 Å². The fraction of sp³-hybridized carbons (Fsp3) is 0.222. The minimum atomic E-state index is -0.564. The van der Waals surface area contributed by atoms with Crippen LogP contribution >= 0.6 is 15.9 Å². The fourth-order valence-corrected chi connectivity index (χ4v) is 1.41. The Kier molecular flexibility index (Phi) is 4.24. The molecular weight excluding hydrogens is 276 g/mol. The molecule has 1 atom stereocenters. The van der Waals surface area contributed by atoms with Gasteiger partial charge >= 0.3 is 0 Å². The number of pyridine rings is 1. The Morgan fingerprint density at radius 3 is 3.00 bits per heavy atom. The van der Waals surface area contributed by atoms with Crippen molar-refractivity contribution in [2.45, 2.75) is 13.0 Å². The Balaban J connectivity index is 2.78. The first kappa shape index (κ1) is 12.4. The van der Waals surface area contributed by atoms with E-state index in [4.69, 9.17) is 10.9 Å². The number of nitrogens with two attached hydrogens (primary N) is 1. The monoisotopic (exact) mass is 286 g/mol. The first-order valence-corrected chi connectivity index (χ1v) is 5.24. The van der Waals surface area contributed by atoms with E-state index in [9.17, 15) is 4.79 Å². The summed E-state index contributed by atoms with van der Waals surface area (Å²) in [4.78, 5) is 15.6. The van der Waals surface area contributed by atoms with Crippen LogP contribution < -0.4 is 11.1 Å². The molecule has 0 aliphatic heterocycles. The molecule has 86 valence electrons. The number of carbonyl (C=O) groups is 1. The zero-order valence-electron chi connectivity index (χ0n) is 8.51. The molecule has 0 saturated carbocycles. The lowest BCUT2D eigenvalue weighted by Gasteiger charge is -2.12. The molecule has 0 spiro atoms. The van der Waals surface area contributed by atoms with Crippen LogP contribution in [0.15, 0.2) is 28.0 Å². The molecule has 0 fully saturated rings. The largest absolute Gasteiger partial charge is 0.409 e. The van der Waals surface area contributed by atoms with Gasteiger partial charge in [-0.1, -0.05) is 5.16 Å². The van der Waals surface area contributed by atoms with Crippen LogP contribution in [-0.4, -0.2) is 28.0 Å². The lowest BCUT2D eigenvalue weighted by atomic mass is 10.2. The Bertz CT molecular complexity index is 422. The van der Waals surface area contributed by atoms with Crippen molar-refractivity contribution in [1.29, 1.82) is 0 Å². The van der Waals surface area contributed by atoms with Crippen molar-refractivity contribution >= 4 is 27.7 Å². The zero-order chi connectivity index (χ0) is 12.1. The van der Waals surface area contributed by atoms with Crippen LogP contribution in [0.3, 0.4) is 0 Å². The number of carbonyl (C=O) groups excluding carboxylic acids is 1. The first-order valence-electron chi connectivity index (χ1n) is 4.45. The van der Waals surface area contributed by atoms with Gasteiger partial charge in [-0.15, -0.1) is 0 Å². The third-order valence-electron chi connectivity index (χ3n) is 1.88. The summed E-state index contributed by atoms with van der Waals surface area (Å²) in [5.41, 5.74) is 5.58. The number of halogens is 1. The highest BCUT2D eigenvalue weighted by atomic mass is 79.9. The summed E-state index contributed by atoms with van der Waals surface area (Å²) in [5, 5.41) is 13.8. The Morgan fingerprint density at radius 2 is 2.44 bits per heavy atom. The predicted molar refractivity (Wildman–Crippen MR) is 62.3 cm³/mol. The van der Waals surface area contributed by atoms with Gasteiger partial charge in [0.05, 0.1) is 6.04 Å². The van der Waals surface area contributed by atoms with Crippen LogP contribution in [0.5, 0.6) is 0 Å². The van der Waals surface area contributed by atoms with Crippen LogP contribution in [0.25, 0.3) is 0 Å². The fourth-order valence-electron chi connectivity index (χ4n) is 0.978. The van der Waals surface area contributed by atoms with Crippen molar-refractivity contribution in [2.24, 2.45) is 10.9 Å². The van der Waals surface area contributed by atoms with Crippen LogP contribution in [-0.2, 0) is 0 Å². The minimum Gasteiger partial charge on any atom is -0.409 e. The summed E-state index contributed by atoms with van der Waals surface area (Å²) in [6.45, 7) is 1.60. The molecule has 0 aliphatic carbocycles. The van der Waals surface area contributed by atoms with Gasteiger partial charge in [0, 0.05) is 10.7 Å². The van der Waals surface area contributed by atoms with Gasteiger partial charge in [0.25, 0.3) is 5.91 Å². The summed E-state index contributed by atoms with van der Waals surface area (Å²) in [6.07, 6.45) is 1.51. The molecule has 7 heteroatoms. The maximum Gasteiger partial charge on any atom is 0.271 e. The number of hydrogen-bond donors (Lipinski definition) is 3. The summed E-state index contributed by atoms with van der Waals surface area (Å²) >= 11 is 3.21. The van der Waals surface area contributed by atoms with E-state index in [1.807, 2.05) is 0 Å². The van der Waals surface area contributed by atoms with Crippen molar-refractivity contribution in [3.05, 3.63) is 28.5 Å². The predicted octanol–water partition coefficient (Wildman–Crippen LogP) is 0.709. The molecule has 6 nitrogen and oxygen atoms in total. The number of hydrogen-bond acceptors (Lipinski definition) is 4. The van der Waals surface area contributed by atoms with E-state index >= 15 is 0 Å². The van der Waals surface area contributed by atoms with Crippen LogP contribution in [0.4, 0.5) is 0 Å². The molecule has 16 heavy (non-hydrogen) atoms. The number of rotatable bonds is 3. The second-order valence-electron chi connectivity index (χ2n) is 3.05. The molecule has 0 aromatic carbocycles. The molecule has 1 aromatic heterocycles. The van der Waals surface area contributed by atoms with E-state index in [0.717, 1.165) is 0 Å². The molecule has 1 rings (SSSR count). The molecule has 1 amide bonds. The average Bonchev–Trinajstić information content (AvgIpc) is 2.28. The van der Waals surface area contributed by atoms with E-state index in [-0.39, 0.29) is 11.5 Å². The van der Waals surface area contributed by atoms with E-state index in [1.165, 1.54) is 6.20 Å². The minimum absolute atomic E-state index is 0.0691. The van der Waals surface area contributed by atoms with Crippen molar-refractivity contribution in [3.63, 3.8) is 0 Å². The Labute approximate surface area is 101 Å². The van der Waals surface area contributed by atoms with E-state index in [2.05, 4.69) is 31.4 Å². The molecule has 0 aliphatic rings. The second-order valence-corrected chi connectivity index (χ2v) is 3.91. The third kappa shape index (κ3) is 2.93. The summed E-state index contributed by atoms with van der Waals surface area (Å²) in [7, 11) is 0. The molecule has 1 heterocycles. The topological polar surface area (TPSA) is 101 Å². The third-order valence-corrected chi connectivity index (χ3v) is 2.52. The van der Waals surface area contributed by atoms with Crippen molar-refractivity contribution < 1.29 is 10.0 Å². The number of oxime groups is 1. The van der Waals surface area contributed by atoms with Gasteiger partial charge in [-0.3, -0.25) is 4.79 Å². The van der Waals surface area contributed by atoms with Gasteiger partial charge in [-0.05, 0) is 35.0 Å². The van der Waals surface area contributed by atoms with Crippen molar-refractivity contribution in [2.75, 3.05) is 0 Å². The lowest BCUT2D eigenvalue weighted by molar-refractivity contribution is 0.0943. The highest BCUT2D eigenvalue weighted by Crippen LogP contribution is 2.12. The van der Waals surface area contributed by atoms with Crippen LogP contribution in [0, 0.1) is 0 Å². The van der Waals surface area contributed by atoms with E-state index in [1.54, 1.807) is 19.1 Å². The molecule has 0 radical (unpaired) electrons. The van der Waals surface area contributed by atoms with E-state index < -0.39 is 11.9 Å². The van der Waals surface area contributed by atoms with Gasteiger partial charge in [0.2, 0.25) is 0 Å². The number of aromatic nitrogens is 1. The Hall–Kier alpha value is -1.63. The Morgan fingerprint density at radius 1 is 1.75 bits per heavy atom. The van der Waals surface area contributed by atoms with E-state index in [0.29, 0.717) is 4.47 Å². The summed E-state index contributed by atoms with van der Waals surface area (Å²) in [6, 6.07) is 2.84. The normalized spacial score (nSPS) is 13.2. The lowest BCUT2D eigenvalue weighted by Crippen LogP contribution is -2.42. The van der Waals surface area contributed by atoms with Crippen LogP contribution in [0.1, 0.15) is 17.4 Å². The molecule has 4 N–H and O–H groups in total. The molecular formula is C9H11BrN4O2. The standard InChI is InChI=1S/C9H11BrN4O2/c1-5(8(11)14-16)13-9(15)7-6(10)3-2-4-12-7/h2-5,16H,1H3,(H2,11,14)(H,13,15). The number of amides is 1. The van der Waals surface area contributed by atoms with Gasteiger partial charge in [0.1, 0.15) is 5.69 Å². The number of nitrogens with one attached hydrogen (secondary N) is 1. The summed E-state index contributed by atoms with van der Waals surface area (Å²) in [5.74, 6) is -0.466. The van der Waals surface area contributed by atoms with Crippen LogP contribution in [0.2, 0.25) is 0 Å². The second kappa shape index (κ2) is 5.45. The number of nitrogens with zero attached hydrogens (tertiary/aromatic N) is 2. The van der Waals surface area contributed by atoms with Gasteiger partial charge < -0.3 is 16.3 Å². The quantitative estimate of drug-likeness (QED) is 0.330. The SMILES string of the molecule is CC(NC(=O)c1ncccc1Br)/C(N)=N/O. The summed E-state index contributed by atoms with van der Waals surface area (Å²) < 4.78 is 0.583. The molecule has 0 saturated heterocycles. The molecule has 1 unspecified atom stereocenters.